The Morgan fingerprint density at radius 1 is 1.29 bits per heavy atom. The molecule has 1 saturated carbocycles. The molecule has 2 atom stereocenters. The van der Waals surface area contributed by atoms with Gasteiger partial charge in [0.05, 0.1) is 11.4 Å². The number of aromatic nitrogens is 2. The maximum absolute atomic E-state index is 12.5. The second-order valence-electron chi connectivity index (χ2n) is 5.96. The molecule has 1 aromatic rings. The highest BCUT2D eigenvalue weighted by Crippen LogP contribution is 2.29. The summed E-state index contributed by atoms with van der Waals surface area (Å²) in [5.74, 6) is 0.424. The van der Waals surface area contributed by atoms with Crippen LogP contribution in [0.5, 0.6) is 0 Å². The van der Waals surface area contributed by atoms with Crippen LogP contribution in [0.3, 0.4) is 0 Å². The number of aryl methyl sites for hydroxylation is 2. The first kappa shape index (κ1) is 16.5. The van der Waals surface area contributed by atoms with Gasteiger partial charge in [-0.05, 0) is 38.5 Å². The molecular weight excluding hydrogens is 290 g/mol. The van der Waals surface area contributed by atoms with E-state index in [-0.39, 0.29) is 23.3 Å². The highest BCUT2D eigenvalue weighted by atomic mass is 32.2. The zero-order valence-corrected chi connectivity index (χ0v) is 13.8. The average molecular weight is 315 g/mol. The summed E-state index contributed by atoms with van der Waals surface area (Å²) in [5.41, 5.74) is 1.16. The summed E-state index contributed by atoms with van der Waals surface area (Å²) < 4.78 is 29.3. The summed E-state index contributed by atoms with van der Waals surface area (Å²) in [4.78, 5) is 0.279. The van der Waals surface area contributed by atoms with Crippen molar-refractivity contribution in [2.24, 2.45) is 18.9 Å². The molecule has 2 N–H and O–H groups in total. The second-order valence-corrected chi connectivity index (χ2v) is 7.67. The number of aliphatic hydroxyl groups is 1. The third-order valence-corrected chi connectivity index (χ3v) is 6.22. The van der Waals surface area contributed by atoms with Crippen molar-refractivity contribution in [3.63, 3.8) is 0 Å². The first-order chi connectivity index (χ1) is 9.86. The predicted octanol–water partition coefficient (Wildman–Crippen LogP) is 1.11. The maximum atomic E-state index is 12.5. The van der Waals surface area contributed by atoms with Gasteiger partial charge in [0, 0.05) is 20.2 Å². The Kier molecular flexibility index (Phi) is 5.06. The molecule has 7 heteroatoms. The van der Waals surface area contributed by atoms with E-state index in [2.05, 4.69) is 9.82 Å². The van der Waals surface area contributed by atoms with Crippen LogP contribution in [0.2, 0.25) is 0 Å². The van der Waals surface area contributed by atoms with Crippen LogP contribution in [0, 0.1) is 25.7 Å². The van der Waals surface area contributed by atoms with Crippen molar-refractivity contribution in [1.82, 2.24) is 14.5 Å². The number of hydrogen-bond acceptors (Lipinski definition) is 4. The fraction of sp³-hybridized carbons (Fsp3) is 0.786. The van der Waals surface area contributed by atoms with E-state index in [1.54, 1.807) is 25.6 Å². The molecule has 6 nitrogen and oxygen atoms in total. The number of sulfonamides is 1. The molecule has 2 unspecified atom stereocenters. The lowest BCUT2D eigenvalue weighted by atomic mass is 9.80. The van der Waals surface area contributed by atoms with Crippen molar-refractivity contribution in [2.45, 2.75) is 44.4 Å². The Bertz CT molecular complexity index is 595. The van der Waals surface area contributed by atoms with Gasteiger partial charge in [0.25, 0.3) is 0 Å². The number of nitrogens with zero attached hydrogens (tertiary/aromatic N) is 2. The molecular formula is C14H25N3O3S. The Balaban J connectivity index is 2.11. The van der Waals surface area contributed by atoms with Crippen LogP contribution in [0.15, 0.2) is 4.90 Å². The van der Waals surface area contributed by atoms with Crippen LogP contribution in [-0.2, 0) is 17.1 Å². The minimum absolute atomic E-state index is 0.136. The zero-order chi connectivity index (χ0) is 15.6. The van der Waals surface area contributed by atoms with E-state index < -0.39 is 10.0 Å². The highest BCUT2D eigenvalue weighted by molar-refractivity contribution is 7.89. The first-order valence-electron chi connectivity index (χ1n) is 7.47. The Labute approximate surface area is 126 Å². The molecule has 0 saturated heterocycles. The van der Waals surface area contributed by atoms with Crippen molar-refractivity contribution in [3.8, 4) is 0 Å². The minimum Gasteiger partial charge on any atom is -0.396 e. The van der Waals surface area contributed by atoms with Gasteiger partial charge in [-0.1, -0.05) is 12.8 Å². The van der Waals surface area contributed by atoms with Crippen molar-refractivity contribution in [2.75, 3.05) is 13.2 Å². The fourth-order valence-electron chi connectivity index (χ4n) is 3.23. The van der Waals surface area contributed by atoms with Gasteiger partial charge in [-0.15, -0.1) is 0 Å². The summed E-state index contributed by atoms with van der Waals surface area (Å²) in [5, 5.41) is 13.6. The number of aliphatic hydroxyl groups excluding tert-OH is 1. The summed E-state index contributed by atoms with van der Waals surface area (Å²) >= 11 is 0. The lowest BCUT2D eigenvalue weighted by molar-refractivity contribution is 0.136. The van der Waals surface area contributed by atoms with Crippen molar-refractivity contribution in [3.05, 3.63) is 11.4 Å². The molecule has 1 fully saturated rings. The second kappa shape index (κ2) is 6.46. The van der Waals surface area contributed by atoms with Gasteiger partial charge in [0.15, 0.2) is 0 Å². The quantitative estimate of drug-likeness (QED) is 0.852. The van der Waals surface area contributed by atoms with E-state index in [0.717, 1.165) is 25.7 Å². The van der Waals surface area contributed by atoms with E-state index in [4.69, 9.17) is 0 Å². The van der Waals surface area contributed by atoms with Crippen LogP contribution in [0.1, 0.15) is 37.1 Å². The van der Waals surface area contributed by atoms with Gasteiger partial charge in [-0.2, -0.15) is 5.10 Å². The average Bonchev–Trinajstić information content (AvgIpc) is 2.70. The van der Waals surface area contributed by atoms with Crippen LogP contribution < -0.4 is 4.72 Å². The Morgan fingerprint density at radius 3 is 2.43 bits per heavy atom. The van der Waals surface area contributed by atoms with Gasteiger partial charge < -0.3 is 5.11 Å². The zero-order valence-electron chi connectivity index (χ0n) is 13.0. The lowest BCUT2D eigenvalue weighted by Crippen LogP contribution is -2.35. The maximum Gasteiger partial charge on any atom is 0.244 e. The fourth-order valence-corrected chi connectivity index (χ4v) is 4.75. The number of nitrogens with one attached hydrogen (secondary N) is 1. The van der Waals surface area contributed by atoms with Crippen LogP contribution in [0.4, 0.5) is 0 Å². The molecule has 0 radical (unpaired) electrons. The minimum atomic E-state index is -3.55. The summed E-state index contributed by atoms with van der Waals surface area (Å²) in [6.07, 6.45) is 4.18. The van der Waals surface area contributed by atoms with E-state index in [1.165, 1.54) is 0 Å². The molecule has 0 spiro atoms. The third kappa shape index (κ3) is 3.46. The molecule has 1 aliphatic rings. The highest BCUT2D eigenvalue weighted by Gasteiger charge is 2.28. The molecule has 2 rings (SSSR count). The number of hydrogen-bond donors (Lipinski definition) is 2. The first-order valence-corrected chi connectivity index (χ1v) is 8.96. The summed E-state index contributed by atoms with van der Waals surface area (Å²) in [6.45, 7) is 3.99. The van der Waals surface area contributed by atoms with Crippen LogP contribution >= 0.6 is 0 Å². The van der Waals surface area contributed by atoms with Gasteiger partial charge in [-0.3, -0.25) is 4.68 Å². The number of rotatable bonds is 5. The monoisotopic (exact) mass is 315 g/mol. The van der Waals surface area contributed by atoms with E-state index >= 15 is 0 Å². The largest absolute Gasteiger partial charge is 0.396 e. The van der Waals surface area contributed by atoms with Crippen molar-refractivity contribution >= 4 is 10.0 Å². The molecule has 1 aromatic heterocycles. The third-order valence-electron chi connectivity index (χ3n) is 4.55. The Morgan fingerprint density at radius 2 is 1.90 bits per heavy atom. The van der Waals surface area contributed by atoms with E-state index in [9.17, 15) is 13.5 Å². The molecule has 21 heavy (non-hydrogen) atoms. The molecule has 0 amide bonds. The van der Waals surface area contributed by atoms with Gasteiger partial charge in [0.1, 0.15) is 4.90 Å². The molecule has 120 valence electrons. The molecule has 0 aliphatic heterocycles. The molecule has 0 aromatic carbocycles. The molecule has 0 bridgehead atoms. The summed E-state index contributed by atoms with van der Waals surface area (Å²) in [7, 11) is -1.81. The van der Waals surface area contributed by atoms with Crippen LogP contribution in [-0.4, -0.2) is 36.5 Å². The van der Waals surface area contributed by atoms with Crippen molar-refractivity contribution < 1.29 is 13.5 Å². The Hall–Kier alpha value is -0.920. The topological polar surface area (TPSA) is 84.2 Å². The smallest absolute Gasteiger partial charge is 0.244 e. The standard InChI is InChI=1S/C14H25N3O3S/c1-10-14(11(2)17(3)16-10)21(19,20)15-8-12-6-4-5-7-13(12)9-18/h12-13,15,18H,4-9H2,1-3H3. The molecule has 1 heterocycles. The lowest BCUT2D eigenvalue weighted by Gasteiger charge is -2.30. The van der Waals surface area contributed by atoms with Gasteiger partial charge in [-0.25, -0.2) is 13.1 Å². The SMILES string of the molecule is Cc1nn(C)c(C)c1S(=O)(=O)NCC1CCCCC1CO. The normalized spacial score (nSPS) is 23.4. The summed E-state index contributed by atoms with van der Waals surface area (Å²) in [6, 6.07) is 0. The van der Waals surface area contributed by atoms with Gasteiger partial charge >= 0.3 is 0 Å². The van der Waals surface area contributed by atoms with E-state index in [0.29, 0.717) is 17.9 Å². The van der Waals surface area contributed by atoms with Crippen molar-refractivity contribution in [1.29, 1.82) is 0 Å². The van der Waals surface area contributed by atoms with Crippen LogP contribution in [0.25, 0.3) is 0 Å². The van der Waals surface area contributed by atoms with E-state index in [1.807, 2.05) is 0 Å². The predicted molar refractivity (Wildman–Crippen MR) is 80.4 cm³/mol. The molecule has 1 aliphatic carbocycles. The van der Waals surface area contributed by atoms with Gasteiger partial charge in [0.2, 0.25) is 10.0 Å².